The largest absolute Gasteiger partial charge is 0.463 e. The van der Waals surface area contributed by atoms with Crippen LogP contribution < -0.4 is 16.0 Å². The lowest BCUT2D eigenvalue weighted by atomic mass is 10.5. The van der Waals surface area contributed by atoms with Gasteiger partial charge in [-0.1, -0.05) is 6.92 Å². The summed E-state index contributed by atoms with van der Waals surface area (Å²) in [5.41, 5.74) is 2.37. The third-order valence-corrected chi connectivity index (χ3v) is 2.64. The molecule has 9 heteroatoms. The van der Waals surface area contributed by atoms with E-state index in [1.165, 1.54) is 11.8 Å². The van der Waals surface area contributed by atoms with Crippen molar-refractivity contribution in [2.45, 2.75) is 23.7 Å². The normalized spacial score (nSPS) is 10.2. The average molecular weight is 279 g/mol. The molecule has 0 amide bonds. The quantitative estimate of drug-likeness (QED) is 0.452. The maximum absolute atomic E-state index is 5.36. The van der Waals surface area contributed by atoms with E-state index in [2.05, 4.69) is 30.3 Å². The van der Waals surface area contributed by atoms with Gasteiger partial charge in [0, 0.05) is 12.4 Å². The van der Waals surface area contributed by atoms with Crippen LogP contribution in [0.1, 0.15) is 13.3 Å². The first-order chi connectivity index (χ1) is 9.31. The molecule has 0 aliphatic rings. The summed E-state index contributed by atoms with van der Waals surface area (Å²) in [6, 6.07) is 1.96. The monoisotopic (exact) mass is 279 g/mol. The van der Waals surface area contributed by atoms with E-state index >= 15 is 0 Å². The molecule has 0 saturated heterocycles. The smallest absolute Gasteiger partial charge is 0.322 e. The Balaban J connectivity index is 2.19. The van der Waals surface area contributed by atoms with Crippen LogP contribution in [0, 0.1) is 0 Å². The van der Waals surface area contributed by atoms with E-state index in [9.17, 15) is 0 Å². The third-order valence-electron chi connectivity index (χ3n) is 1.88. The van der Waals surface area contributed by atoms with E-state index in [1.54, 1.807) is 18.5 Å². The second kappa shape index (κ2) is 6.81. The lowest BCUT2D eigenvalue weighted by Crippen LogP contribution is -2.13. The van der Waals surface area contributed by atoms with Crippen molar-refractivity contribution in [3.8, 4) is 6.01 Å². The predicted octanol–water partition coefficient (Wildman–Crippen LogP) is 0.887. The van der Waals surface area contributed by atoms with Gasteiger partial charge < -0.3 is 4.74 Å². The fourth-order valence-electron chi connectivity index (χ4n) is 1.13. The van der Waals surface area contributed by atoms with Crippen LogP contribution in [-0.4, -0.2) is 31.5 Å². The molecule has 2 aromatic heterocycles. The third kappa shape index (κ3) is 4.00. The summed E-state index contributed by atoms with van der Waals surface area (Å²) >= 11 is 1.20. The molecule has 0 radical (unpaired) electrons. The minimum absolute atomic E-state index is 0.225. The lowest BCUT2D eigenvalue weighted by Gasteiger charge is -2.06. The second-order valence-corrected chi connectivity index (χ2v) is 4.28. The Hall–Kier alpha value is -2.00. The molecule has 3 N–H and O–H groups in total. The van der Waals surface area contributed by atoms with Crippen LogP contribution in [-0.2, 0) is 0 Å². The number of hydrogen-bond donors (Lipinski definition) is 2. The maximum Gasteiger partial charge on any atom is 0.322 e. The molecule has 0 fully saturated rings. The molecule has 8 nitrogen and oxygen atoms in total. The van der Waals surface area contributed by atoms with Crippen LogP contribution in [0.2, 0.25) is 0 Å². The van der Waals surface area contributed by atoms with Gasteiger partial charge in [-0.15, -0.1) is 0 Å². The van der Waals surface area contributed by atoms with Gasteiger partial charge in [-0.3, -0.25) is 5.43 Å². The Bertz CT molecular complexity index is 525. The molecule has 100 valence electrons. The zero-order valence-corrected chi connectivity index (χ0v) is 11.1. The number of hydrazine groups is 1. The van der Waals surface area contributed by atoms with Crippen LogP contribution in [0.4, 0.5) is 5.95 Å². The first-order valence-electron chi connectivity index (χ1n) is 5.62. The molecule has 2 heterocycles. The molecule has 2 rings (SSSR count). The number of hydrogen-bond acceptors (Lipinski definition) is 9. The SMILES string of the molecule is CCCOc1nc(NN)nc(Sc2ncccn2)n1. The minimum atomic E-state index is 0.225. The van der Waals surface area contributed by atoms with Crippen molar-refractivity contribution in [1.82, 2.24) is 24.9 Å². The zero-order chi connectivity index (χ0) is 13.5. The molecule has 0 unspecified atom stereocenters. The summed E-state index contributed by atoms with van der Waals surface area (Å²) < 4.78 is 5.36. The number of nitrogens with one attached hydrogen (secondary N) is 1. The summed E-state index contributed by atoms with van der Waals surface area (Å²) in [5.74, 6) is 5.55. The van der Waals surface area contributed by atoms with E-state index in [4.69, 9.17) is 10.6 Å². The Kier molecular flexibility index (Phi) is 4.81. The van der Waals surface area contributed by atoms with Gasteiger partial charge in [0.05, 0.1) is 6.61 Å². The molecule has 0 bridgehead atoms. The highest BCUT2D eigenvalue weighted by molar-refractivity contribution is 7.99. The number of nitrogen functional groups attached to an aromatic ring is 1. The average Bonchev–Trinajstić information content (AvgIpc) is 2.46. The Morgan fingerprint density at radius 3 is 2.68 bits per heavy atom. The number of aromatic nitrogens is 5. The van der Waals surface area contributed by atoms with Crippen molar-refractivity contribution in [3.05, 3.63) is 18.5 Å². The molecule has 0 saturated carbocycles. The minimum Gasteiger partial charge on any atom is -0.463 e. The lowest BCUT2D eigenvalue weighted by molar-refractivity contribution is 0.288. The Labute approximate surface area is 114 Å². The summed E-state index contributed by atoms with van der Waals surface area (Å²) in [5, 5.41) is 0.957. The molecule has 19 heavy (non-hydrogen) atoms. The van der Waals surface area contributed by atoms with Gasteiger partial charge in [0.15, 0.2) is 5.16 Å². The van der Waals surface area contributed by atoms with Crippen molar-refractivity contribution >= 4 is 17.7 Å². The highest BCUT2D eigenvalue weighted by Crippen LogP contribution is 2.22. The fourth-order valence-corrected chi connectivity index (χ4v) is 1.77. The fraction of sp³-hybridized carbons (Fsp3) is 0.300. The van der Waals surface area contributed by atoms with Gasteiger partial charge in [0.1, 0.15) is 0 Å². The molecule has 2 aromatic rings. The molecule has 0 aromatic carbocycles. The molecule has 0 aliphatic carbocycles. The highest BCUT2D eigenvalue weighted by Gasteiger charge is 2.09. The van der Waals surface area contributed by atoms with Crippen LogP contribution in [0.15, 0.2) is 28.8 Å². The van der Waals surface area contributed by atoms with Crippen molar-refractivity contribution in [2.75, 3.05) is 12.0 Å². The van der Waals surface area contributed by atoms with Crippen LogP contribution >= 0.6 is 11.8 Å². The van der Waals surface area contributed by atoms with Crippen LogP contribution in [0.3, 0.4) is 0 Å². The number of rotatable bonds is 6. The van der Waals surface area contributed by atoms with Gasteiger partial charge in [-0.2, -0.15) is 15.0 Å². The van der Waals surface area contributed by atoms with E-state index < -0.39 is 0 Å². The summed E-state index contributed by atoms with van der Waals surface area (Å²) in [7, 11) is 0. The van der Waals surface area contributed by atoms with Crippen molar-refractivity contribution in [2.24, 2.45) is 5.84 Å². The van der Waals surface area contributed by atoms with Crippen molar-refractivity contribution < 1.29 is 4.74 Å². The van der Waals surface area contributed by atoms with E-state index in [0.29, 0.717) is 16.9 Å². The summed E-state index contributed by atoms with van der Waals surface area (Å²) in [4.78, 5) is 20.4. The van der Waals surface area contributed by atoms with Gasteiger partial charge in [0.2, 0.25) is 11.1 Å². The summed E-state index contributed by atoms with van der Waals surface area (Å²) in [6.45, 7) is 2.52. The van der Waals surface area contributed by atoms with Crippen molar-refractivity contribution in [3.63, 3.8) is 0 Å². The standard InChI is InChI=1S/C10H13N7OS/c1-2-6-18-8-14-7(17-11)15-10(16-8)19-9-12-4-3-5-13-9/h3-5H,2,6,11H2,1H3,(H,14,15,16,17). The van der Waals surface area contributed by atoms with Crippen molar-refractivity contribution in [1.29, 1.82) is 0 Å². The summed E-state index contributed by atoms with van der Waals surface area (Å²) in [6.07, 6.45) is 4.15. The molecular formula is C10H13N7OS. The molecule has 0 atom stereocenters. The van der Waals surface area contributed by atoms with Crippen LogP contribution in [0.5, 0.6) is 6.01 Å². The maximum atomic E-state index is 5.36. The van der Waals surface area contributed by atoms with E-state index in [-0.39, 0.29) is 12.0 Å². The van der Waals surface area contributed by atoms with Gasteiger partial charge in [0.25, 0.3) is 0 Å². The number of anilines is 1. The molecular weight excluding hydrogens is 266 g/mol. The Morgan fingerprint density at radius 1 is 1.21 bits per heavy atom. The highest BCUT2D eigenvalue weighted by atomic mass is 32.2. The van der Waals surface area contributed by atoms with E-state index in [1.807, 2.05) is 6.92 Å². The second-order valence-electron chi connectivity index (χ2n) is 3.35. The first-order valence-corrected chi connectivity index (χ1v) is 6.44. The zero-order valence-electron chi connectivity index (χ0n) is 10.3. The van der Waals surface area contributed by atoms with Crippen LogP contribution in [0.25, 0.3) is 0 Å². The topological polar surface area (TPSA) is 112 Å². The van der Waals surface area contributed by atoms with Gasteiger partial charge in [-0.05, 0) is 24.2 Å². The molecule has 0 spiro atoms. The number of nitrogens with two attached hydrogens (primary N) is 1. The Morgan fingerprint density at radius 2 is 2.00 bits per heavy atom. The first kappa shape index (κ1) is 13.4. The van der Waals surface area contributed by atoms with Gasteiger partial charge >= 0.3 is 6.01 Å². The number of nitrogens with zero attached hydrogens (tertiary/aromatic N) is 5. The van der Waals surface area contributed by atoms with E-state index in [0.717, 1.165) is 6.42 Å². The number of ether oxygens (including phenoxy) is 1. The van der Waals surface area contributed by atoms with Gasteiger partial charge in [-0.25, -0.2) is 15.8 Å². The molecule has 0 aliphatic heterocycles. The predicted molar refractivity (Wildman–Crippen MR) is 69.6 cm³/mol.